The average molecular weight is 221 g/mol. The molecule has 1 saturated heterocycles. The van der Waals surface area contributed by atoms with Crippen molar-refractivity contribution >= 4 is 11.6 Å². The fraction of sp³-hybridized carbons (Fsp3) is 0.636. The zero-order chi connectivity index (χ0) is 11.2. The van der Waals surface area contributed by atoms with Crippen LogP contribution in [-0.2, 0) is 0 Å². The summed E-state index contributed by atoms with van der Waals surface area (Å²) in [6.45, 7) is 4.58. The third-order valence-electron chi connectivity index (χ3n) is 2.87. The summed E-state index contributed by atoms with van der Waals surface area (Å²) in [7, 11) is 0. The molecule has 1 aliphatic heterocycles. The maximum Gasteiger partial charge on any atom is 0.168 e. The van der Waals surface area contributed by atoms with Crippen molar-refractivity contribution in [3.05, 3.63) is 12.4 Å². The van der Waals surface area contributed by atoms with Crippen molar-refractivity contribution in [1.29, 1.82) is 0 Å². The minimum atomic E-state index is 0.476. The molecule has 0 aliphatic carbocycles. The van der Waals surface area contributed by atoms with Crippen molar-refractivity contribution in [2.75, 3.05) is 37.2 Å². The van der Waals surface area contributed by atoms with E-state index in [1.807, 2.05) is 0 Å². The molecule has 16 heavy (non-hydrogen) atoms. The normalized spacial score (nSPS) is 16.5. The van der Waals surface area contributed by atoms with E-state index in [2.05, 4.69) is 20.2 Å². The van der Waals surface area contributed by atoms with Gasteiger partial charge in [0.15, 0.2) is 11.6 Å². The molecule has 1 aromatic rings. The van der Waals surface area contributed by atoms with E-state index in [0.29, 0.717) is 11.6 Å². The van der Waals surface area contributed by atoms with Crippen LogP contribution in [0.3, 0.4) is 0 Å². The number of rotatable bonds is 5. The molecule has 1 aliphatic rings. The van der Waals surface area contributed by atoms with Crippen molar-refractivity contribution in [3.63, 3.8) is 0 Å². The van der Waals surface area contributed by atoms with Gasteiger partial charge in [-0.05, 0) is 38.9 Å². The van der Waals surface area contributed by atoms with Gasteiger partial charge in [0.2, 0.25) is 0 Å². The number of nitrogens with two attached hydrogens (primary N) is 1. The van der Waals surface area contributed by atoms with E-state index in [0.717, 1.165) is 19.5 Å². The molecule has 2 heterocycles. The number of likely N-dealkylation sites (tertiary alicyclic amines) is 1. The van der Waals surface area contributed by atoms with Gasteiger partial charge in [0.05, 0.1) is 0 Å². The molecule has 5 nitrogen and oxygen atoms in total. The first kappa shape index (κ1) is 11.1. The standard InChI is InChI=1S/C11H19N5/c12-10-11(15-6-5-13-10)14-4-3-9-16-7-1-2-8-16/h5-6H,1-4,7-9H2,(H2,12,13)(H,14,15). The highest BCUT2D eigenvalue weighted by Gasteiger charge is 2.10. The van der Waals surface area contributed by atoms with Crippen molar-refractivity contribution < 1.29 is 0 Å². The molecule has 1 fully saturated rings. The Morgan fingerprint density at radius 1 is 1.25 bits per heavy atom. The molecule has 0 saturated carbocycles. The van der Waals surface area contributed by atoms with E-state index >= 15 is 0 Å². The minimum absolute atomic E-state index is 0.476. The molecule has 0 radical (unpaired) electrons. The maximum atomic E-state index is 5.68. The predicted molar refractivity (Wildman–Crippen MR) is 65.2 cm³/mol. The van der Waals surface area contributed by atoms with Crippen molar-refractivity contribution in [3.8, 4) is 0 Å². The second-order valence-electron chi connectivity index (χ2n) is 4.12. The lowest BCUT2D eigenvalue weighted by Crippen LogP contribution is -2.22. The summed E-state index contributed by atoms with van der Waals surface area (Å²) in [5, 5.41) is 3.21. The average Bonchev–Trinajstić information content (AvgIpc) is 2.79. The Kier molecular flexibility index (Phi) is 3.93. The van der Waals surface area contributed by atoms with Crippen LogP contribution in [0.2, 0.25) is 0 Å². The Balaban J connectivity index is 1.66. The van der Waals surface area contributed by atoms with Crippen LogP contribution < -0.4 is 11.1 Å². The maximum absolute atomic E-state index is 5.68. The Morgan fingerprint density at radius 3 is 2.75 bits per heavy atom. The fourth-order valence-corrected chi connectivity index (χ4v) is 2.00. The van der Waals surface area contributed by atoms with Gasteiger partial charge in [-0.25, -0.2) is 9.97 Å². The van der Waals surface area contributed by atoms with Gasteiger partial charge in [0, 0.05) is 18.9 Å². The van der Waals surface area contributed by atoms with E-state index < -0.39 is 0 Å². The SMILES string of the molecule is Nc1nccnc1NCCCN1CCCC1. The van der Waals surface area contributed by atoms with E-state index in [4.69, 9.17) is 5.73 Å². The number of nitrogen functional groups attached to an aromatic ring is 1. The van der Waals surface area contributed by atoms with Crippen LogP contribution in [0.15, 0.2) is 12.4 Å². The molecule has 0 unspecified atom stereocenters. The number of hydrogen-bond donors (Lipinski definition) is 2. The van der Waals surface area contributed by atoms with E-state index in [1.54, 1.807) is 12.4 Å². The molecule has 0 atom stereocenters. The van der Waals surface area contributed by atoms with Crippen LogP contribution in [0.5, 0.6) is 0 Å². The lowest BCUT2D eigenvalue weighted by Gasteiger charge is -2.14. The number of aromatic nitrogens is 2. The van der Waals surface area contributed by atoms with Crippen LogP contribution in [0.25, 0.3) is 0 Å². The van der Waals surface area contributed by atoms with Crippen LogP contribution in [0.1, 0.15) is 19.3 Å². The summed E-state index contributed by atoms with van der Waals surface area (Å²) in [4.78, 5) is 10.6. The van der Waals surface area contributed by atoms with Crippen LogP contribution in [-0.4, -0.2) is 41.0 Å². The largest absolute Gasteiger partial charge is 0.381 e. The topological polar surface area (TPSA) is 67.1 Å². The molecular weight excluding hydrogens is 202 g/mol. The van der Waals surface area contributed by atoms with Gasteiger partial charge in [-0.2, -0.15) is 0 Å². The summed E-state index contributed by atoms with van der Waals surface area (Å²) < 4.78 is 0. The van der Waals surface area contributed by atoms with Crippen molar-refractivity contribution in [2.45, 2.75) is 19.3 Å². The predicted octanol–water partition coefficient (Wildman–Crippen LogP) is 0.957. The lowest BCUT2D eigenvalue weighted by molar-refractivity contribution is 0.337. The van der Waals surface area contributed by atoms with E-state index in [9.17, 15) is 0 Å². The Hall–Kier alpha value is -1.36. The highest BCUT2D eigenvalue weighted by molar-refractivity contribution is 5.54. The third-order valence-corrected chi connectivity index (χ3v) is 2.87. The van der Waals surface area contributed by atoms with Crippen molar-refractivity contribution in [2.24, 2.45) is 0 Å². The monoisotopic (exact) mass is 221 g/mol. The van der Waals surface area contributed by atoms with Gasteiger partial charge in [0.1, 0.15) is 0 Å². The molecule has 0 spiro atoms. The molecule has 0 amide bonds. The van der Waals surface area contributed by atoms with Gasteiger partial charge < -0.3 is 16.0 Å². The summed E-state index contributed by atoms with van der Waals surface area (Å²) >= 11 is 0. The van der Waals surface area contributed by atoms with Crippen LogP contribution in [0.4, 0.5) is 11.6 Å². The van der Waals surface area contributed by atoms with Crippen LogP contribution >= 0.6 is 0 Å². The van der Waals surface area contributed by atoms with Gasteiger partial charge in [-0.15, -0.1) is 0 Å². The summed E-state index contributed by atoms with van der Waals surface area (Å²) in [6, 6.07) is 0. The summed E-state index contributed by atoms with van der Waals surface area (Å²) in [5.41, 5.74) is 5.68. The second kappa shape index (κ2) is 5.65. The Bertz CT molecular complexity index is 322. The van der Waals surface area contributed by atoms with Gasteiger partial charge in [-0.1, -0.05) is 0 Å². The zero-order valence-corrected chi connectivity index (χ0v) is 9.52. The molecule has 1 aromatic heterocycles. The smallest absolute Gasteiger partial charge is 0.168 e. The Morgan fingerprint density at radius 2 is 2.00 bits per heavy atom. The lowest BCUT2D eigenvalue weighted by atomic mass is 10.4. The molecule has 5 heteroatoms. The first-order valence-corrected chi connectivity index (χ1v) is 5.89. The highest BCUT2D eigenvalue weighted by atomic mass is 15.1. The zero-order valence-electron chi connectivity index (χ0n) is 9.52. The van der Waals surface area contributed by atoms with Crippen LogP contribution in [0, 0.1) is 0 Å². The van der Waals surface area contributed by atoms with E-state index in [-0.39, 0.29) is 0 Å². The van der Waals surface area contributed by atoms with Gasteiger partial charge >= 0.3 is 0 Å². The van der Waals surface area contributed by atoms with Gasteiger partial charge in [0.25, 0.3) is 0 Å². The first-order valence-electron chi connectivity index (χ1n) is 5.89. The van der Waals surface area contributed by atoms with Gasteiger partial charge in [-0.3, -0.25) is 0 Å². The molecule has 3 N–H and O–H groups in total. The quantitative estimate of drug-likeness (QED) is 0.725. The number of hydrogen-bond acceptors (Lipinski definition) is 5. The first-order chi connectivity index (χ1) is 7.86. The molecule has 0 aromatic carbocycles. The molecule has 0 bridgehead atoms. The minimum Gasteiger partial charge on any atom is -0.381 e. The number of nitrogens with zero attached hydrogens (tertiary/aromatic N) is 3. The van der Waals surface area contributed by atoms with E-state index in [1.165, 1.54) is 25.9 Å². The number of anilines is 2. The third kappa shape index (κ3) is 3.06. The van der Waals surface area contributed by atoms with Crippen molar-refractivity contribution in [1.82, 2.24) is 14.9 Å². The summed E-state index contributed by atoms with van der Waals surface area (Å²) in [5.74, 6) is 1.17. The number of nitrogens with one attached hydrogen (secondary N) is 1. The fourth-order valence-electron chi connectivity index (χ4n) is 2.00. The summed E-state index contributed by atoms with van der Waals surface area (Å²) in [6.07, 6.45) is 7.08. The molecule has 2 rings (SSSR count). The molecular formula is C11H19N5. The molecule has 88 valence electrons. The highest BCUT2D eigenvalue weighted by Crippen LogP contribution is 2.10. The Labute approximate surface area is 96.1 Å². The second-order valence-corrected chi connectivity index (χ2v) is 4.12.